The number of hydrogen-bond acceptors (Lipinski definition) is 5. The third kappa shape index (κ3) is 6.11. The smallest absolute Gasteiger partial charge is 0.415 e. The fourth-order valence-corrected chi connectivity index (χ4v) is 9.80. The zero-order valence-corrected chi connectivity index (χ0v) is 27.5. The number of likely N-dealkylation sites (tertiary alicyclic amines) is 2. The van der Waals surface area contributed by atoms with E-state index in [9.17, 15) is 9.59 Å². The van der Waals surface area contributed by atoms with Crippen molar-refractivity contribution in [1.82, 2.24) is 9.80 Å². The van der Waals surface area contributed by atoms with Gasteiger partial charge in [-0.25, -0.2) is 4.79 Å². The third-order valence-corrected chi connectivity index (χ3v) is 12.1. The maximum atomic E-state index is 13.2. The number of ether oxygens (including phenoxy) is 2. The van der Waals surface area contributed by atoms with E-state index in [0.29, 0.717) is 35.5 Å². The molecule has 0 spiro atoms. The molecule has 0 radical (unpaired) electrons. The summed E-state index contributed by atoms with van der Waals surface area (Å²) < 4.78 is 12.3. The molecule has 6 heteroatoms. The molecular formula is C37H56N2O4. The Balaban J connectivity index is 1.13. The molecule has 2 saturated carbocycles. The number of esters is 1. The molecule has 2 saturated heterocycles. The Labute approximate surface area is 260 Å². The summed E-state index contributed by atoms with van der Waals surface area (Å²) in [5.41, 5.74) is 2.44. The van der Waals surface area contributed by atoms with Gasteiger partial charge in [0.05, 0.1) is 5.41 Å². The van der Waals surface area contributed by atoms with Gasteiger partial charge < -0.3 is 19.3 Å². The van der Waals surface area contributed by atoms with E-state index in [1.54, 1.807) is 0 Å². The number of piperidine rings is 2. The van der Waals surface area contributed by atoms with E-state index in [1.165, 1.54) is 56.3 Å². The highest BCUT2D eigenvalue weighted by molar-refractivity contribution is 5.75. The van der Waals surface area contributed by atoms with Gasteiger partial charge in [0, 0.05) is 24.5 Å². The van der Waals surface area contributed by atoms with Gasteiger partial charge in [-0.1, -0.05) is 39.2 Å². The number of amides is 1. The van der Waals surface area contributed by atoms with Crippen LogP contribution in [0.4, 0.5) is 4.79 Å². The molecule has 3 aliphatic carbocycles. The van der Waals surface area contributed by atoms with Crippen LogP contribution in [-0.4, -0.2) is 60.2 Å². The molecule has 0 unspecified atom stereocenters. The number of carbonyl (C=O) groups excluding carboxylic acids is 2. The van der Waals surface area contributed by atoms with E-state index < -0.39 is 5.41 Å². The third-order valence-electron chi connectivity index (χ3n) is 12.1. The fraction of sp³-hybridized carbons (Fsp3) is 0.784. The maximum absolute atomic E-state index is 13.2. The Bertz CT molecular complexity index is 1160. The topological polar surface area (TPSA) is 59.1 Å². The lowest BCUT2D eigenvalue weighted by molar-refractivity contribution is -0.167. The highest BCUT2D eigenvalue weighted by Crippen LogP contribution is 2.63. The molecule has 238 valence electrons. The lowest BCUT2D eigenvalue weighted by Crippen LogP contribution is -2.49. The van der Waals surface area contributed by atoms with Gasteiger partial charge in [-0.15, -0.1) is 0 Å². The van der Waals surface area contributed by atoms with Crippen LogP contribution in [0.5, 0.6) is 5.75 Å². The monoisotopic (exact) mass is 592 g/mol. The number of nitrogens with zero attached hydrogens (tertiary/aromatic N) is 2. The van der Waals surface area contributed by atoms with Crippen molar-refractivity contribution in [1.29, 1.82) is 0 Å². The van der Waals surface area contributed by atoms with Crippen molar-refractivity contribution in [2.45, 2.75) is 130 Å². The van der Waals surface area contributed by atoms with E-state index in [4.69, 9.17) is 9.47 Å². The summed E-state index contributed by atoms with van der Waals surface area (Å²) in [6.07, 6.45) is 13.8. The molecule has 6 rings (SSSR count). The molecule has 0 N–H and O–H groups in total. The average molecular weight is 593 g/mol. The quantitative estimate of drug-likeness (QED) is 0.325. The van der Waals surface area contributed by atoms with Gasteiger partial charge in [0.15, 0.2) is 0 Å². The first kappa shape index (κ1) is 30.9. The van der Waals surface area contributed by atoms with Crippen LogP contribution in [0.2, 0.25) is 0 Å². The van der Waals surface area contributed by atoms with Gasteiger partial charge in [0.2, 0.25) is 0 Å². The van der Waals surface area contributed by atoms with Crippen molar-refractivity contribution in [3.8, 4) is 5.75 Å². The van der Waals surface area contributed by atoms with Gasteiger partial charge in [-0.3, -0.25) is 4.79 Å². The lowest BCUT2D eigenvalue weighted by atomic mass is 9.52. The van der Waals surface area contributed by atoms with Crippen LogP contribution in [0.25, 0.3) is 0 Å². The number of benzene rings is 1. The first-order valence-electron chi connectivity index (χ1n) is 17.6. The molecule has 5 aliphatic rings. The van der Waals surface area contributed by atoms with Crippen LogP contribution in [0, 0.1) is 28.6 Å². The van der Waals surface area contributed by atoms with Crippen molar-refractivity contribution in [2.75, 3.05) is 26.2 Å². The highest BCUT2D eigenvalue weighted by Gasteiger charge is 2.58. The standard InChI is InChI=1S/C37H56N2O4/c1-6-10-25-23-26-24-28(42-35(41)39-21-16-27(17-22-39)38-19-8-7-9-20-38)11-12-29(26)30-15-18-37(5)31(33(25)30)13-14-32(37)43-34(40)36(2,3)4/h11-12,24-25,27,30-33H,6-10,13-23H2,1-5H3/t25-,30-,31+,32+,33-,37+/m1/s1. The minimum absolute atomic E-state index is 0.0283. The summed E-state index contributed by atoms with van der Waals surface area (Å²) >= 11 is 0. The summed E-state index contributed by atoms with van der Waals surface area (Å²) in [6.45, 7) is 14.6. The van der Waals surface area contributed by atoms with Crippen LogP contribution >= 0.6 is 0 Å². The Morgan fingerprint density at radius 3 is 2.42 bits per heavy atom. The van der Waals surface area contributed by atoms with Crippen molar-refractivity contribution < 1.29 is 19.1 Å². The van der Waals surface area contributed by atoms with Crippen molar-refractivity contribution in [2.24, 2.45) is 28.6 Å². The SMILES string of the molecule is CCC[C@@H]1Cc2cc(OC(=O)N3CCC(N4CCCCC4)CC3)ccc2[C@H]2CC[C@]3(C)[C@@H](OC(=O)C(C)(C)C)CC[C@H]3[C@H]12. The van der Waals surface area contributed by atoms with Crippen LogP contribution in [0.1, 0.15) is 122 Å². The minimum atomic E-state index is -0.467. The van der Waals surface area contributed by atoms with Crippen molar-refractivity contribution in [3.63, 3.8) is 0 Å². The molecule has 2 aliphatic heterocycles. The molecule has 0 aromatic heterocycles. The van der Waals surface area contributed by atoms with Crippen LogP contribution in [0.3, 0.4) is 0 Å². The molecule has 43 heavy (non-hydrogen) atoms. The molecular weight excluding hydrogens is 536 g/mol. The van der Waals surface area contributed by atoms with Crippen LogP contribution in [-0.2, 0) is 16.0 Å². The van der Waals surface area contributed by atoms with E-state index in [-0.39, 0.29) is 23.6 Å². The van der Waals surface area contributed by atoms with Gasteiger partial charge in [-0.05, 0) is 139 Å². The van der Waals surface area contributed by atoms with E-state index in [0.717, 1.165) is 58.0 Å². The summed E-state index contributed by atoms with van der Waals surface area (Å²) in [6, 6.07) is 7.12. The normalized spacial score (nSPS) is 33.3. The van der Waals surface area contributed by atoms with Crippen LogP contribution < -0.4 is 4.74 Å². The average Bonchev–Trinajstić information content (AvgIpc) is 3.32. The van der Waals surface area contributed by atoms with Crippen LogP contribution in [0.15, 0.2) is 18.2 Å². The molecule has 2 heterocycles. The van der Waals surface area contributed by atoms with Gasteiger partial charge >= 0.3 is 12.1 Å². The van der Waals surface area contributed by atoms with E-state index in [2.05, 4.69) is 30.9 Å². The molecule has 4 fully saturated rings. The first-order chi connectivity index (χ1) is 20.6. The van der Waals surface area contributed by atoms with E-state index >= 15 is 0 Å². The Kier molecular flexibility index (Phi) is 8.90. The predicted octanol–water partition coefficient (Wildman–Crippen LogP) is 7.98. The summed E-state index contributed by atoms with van der Waals surface area (Å²) in [5, 5.41) is 0. The minimum Gasteiger partial charge on any atom is -0.461 e. The lowest BCUT2D eigenvalue weighted by Gasteiger charge is -2.53. The second kappa shape index (κ2) is 12.4. The Hall–Kier alpha value is -2.08. The Morgan fingerprint density at radius 2 is 1.72 bits per heavy atom. The Morgan fingerprint density at radius 1 is 0.977 bits per heavy atom. The molecule has 0 bridgehead atoms. The van der Waals surface area contributed by atoms with Gasteiger partial charge in [0.1, 0.15) is 11.9 Å². The molecule has 1 amide bonds. The second-order valence-electron chi connectivity index (χ2n) is 15.9. The fourth-order valence-electron chi connectivity index (χ4n) is 9.80. The highest BCUT2D eigenvalue weighted by atomic mass is 16.6. The summed E-state index contributed by atoms with van der Waals surface area (Å²) in [7, 11) is 0. The largest absolute Gasteiger partial charge is 0.461 e. The number of carbonyl (C=O) groups is 2. The van der Waals surface area contributed by atoms with Gasteiger partial charge in [-0.2, -0.15) is 0 Å². The number of hydrogen-bond donors (Lipinski definition) is 0. The summed E-state index contributed by atoms with van der Waals surface area (Å²) in [4.78, 5) is 30.6. The zero-order valence-electron chi connectivity index (χ0n) is 27.5. The predicted molar refractivity (Wildman–Crippen MR) is 170 cm³/mol. The molecule has 6 nitrogen and oxygen atoms in total. The molecule has 1 aromatic rings. The molecule has 6 atom stereocenters. The number of fused-ring (bicyclic) bond motifs is 5. The number of rotatable bonds is 5. The summed E-state index contributed by atoms with van der Waals surface area (Å²) in [5.74, 6) is 3.00. The first-order valence-corrected chi connectivity index (χ1v) is 17.6. The van der Waals surface area contributed by atoms with Crippen molar-refractivity contribution in [3.05, 3.63) is 29.3 Å². The molecule has 1 aromatic carbocycles. The second-order valence-corrected chi connectivity index (χ2v) is 15.9. The maximum Gasteiger partial charge on any atom is 0.415 e. The zero-order chi connectivity index (χ0) is 30.4. The van der Waals surface area contributed by atoms with Gasteiger partial charge in [0.25, 0.3) is 0 Å². The van der Waals surface area contributed by atoms with E-state index in [1.807, 2.05) is 31.7 Å². The van der Waals surface area contributed by atoms with Crippen molar-refractivity contribution >= 4 is 12.1 Å².